The Bertz CT molecular complexity index is 788. The van der Waals surface area contributed by atoms with Gasteiger partial charge in [0.1, 0.15) is 22.7 Å². The summed E-state index contributed by atoms with van der Waals surface area (Å²) in [5, 5.41) is 0.434. The molecule has 21 heavy (non-hydrogen) atoms. The number of fused-ring (bicyclic) bond motifs is 1. The maximum Gasteiger partial charge on any atom is 0.164 e. The van der Waals surface area contributed by atoms with Crippen LogP contribution in [-0.2, 0) is 0 Å². The molecular weight excluding hydrogens is 308 g/mol. The van der Waals surface area contributed by atoms with E-state index in [0.717, 1.165) is 26.4 Å². The molecule has 3 rings (SSSR count). The van der Waals surface area contributed by atoms with Gasteiger partial charge in [-0.1, -0.05) is 23.7 Å². The summed E-state index contributed by atoms with van der Waals surface area (Å²) < 4.78 is 12.1. The van der Waals surface area contributed by atoms with E-state index in [1.54, 1.807) is 7.11 Å². The van der Waals surface area contributed by atoms with E-state index in [-0.39, 0.29) is 0 Å². The molecule has 108 valence electrons. The maximum absolute atomic E-state index is 6.16. The van der Waals surface area contributed by atoms with Crippen molar-refractivity contribution in [3.8, 4) is 21.9 Å². The van der Waals surface area contributed by atoms with Crippen LogP contribution >= 0.6 is 22.9 Å². The van der Waals surface area contributed by atoms with Crippen molar-refractivity contribution < 1.29 is 9.47 Å². The zero-order valence-corrected chi connectivity index (χ0v) is 13.2. The van der Waals surface area contributed by atoms with E-state index in [1.807, 2.05) is 31.2 Å². The summed E-state index contributed by atoms with van der Waals surface area (Å²) in [6, 6.07) is 7.85. The zero-order valence-electron chi connectivity index (χ0n) is 11.6. The lowest BCUT2D eigenvalue weighted by molar-refractivity contribution is 0.341. The van der Waals surface area contributed by atoms with Crippen molar-refractivity contribution in [1.82, 2.24) is 9.97 Å². The minimum Gasteiger partial charge on any atom is -0.493 e. The van der Waals surface area contributed by atoms with E-state index < -0.39 is 0 Å². The average Bonchev–Trinajstić information content (AvgIpc) is 2.88. The first-order valence-electron chi connectivity index (χ1n) is 6.45. The number of benzene rings is 1. The average molecular weight is 321 g/mol. The van der Waals surface area contributed by atoms with Gasteiger partial charge < -0.3 is 9.47 Å². The summed E-state index contributed by atoms with van der Waals surface area (Å²) in [6.07, 6.45) is 1.44. The van der Waals surface area contributed by atoms with Crippen LogP contribution in [0.3, 0.4) is 0 Å². The minimum absolute atomic E-state index is 0.434. The highest BCUT2D eigenvalue weighted by molar-refractivity contribution is 7.23. The molecule has 0 aliphatic carbocycles. The first kappa shape index (κ1) is 14.1. The number of rotatable bonds is 4. The predicted molar refractivity (Wildman–Crippen MR) is 85.6 cm³/mol. The molecular formula is C15H13ClN2O2S. The van der Waals surface area contributed by atoms with Crippen molar-refractivity contribution in [2.75, 3.05) is 13.7 Å². The number of aromatic nitrogens is 2. The van der Waals surface area contributed by atoms with Gasteiger partial charge in [-0.05, 0) is 19.1 Å². The number of hydrogen-bond acceptors (Lipinski definition) is 5. The Balaban J connectivity index is 2.28. The van der Waals surface area contributed by atoms with Crippen LogP contribution in [0.1, 0.15) is 6.92 Å². The number of ether oxygens (including phenoxy) is 2. The molecule has 6 heteroatoms. The summed E-state index contributed by atoms with van der Waals surface area (Å²) in [7, 11) is 1.63. The van der Waals surface area contributed by atoms with E-state index in [9.17, 15) is 0 Å². The van der Waals surface area contributed by atoms with E-state index >= 15 is 0 Å². The number of thiophene rings is 1. The first-order valence-corrected chi connectivity index (χ1v) is 7.64. The molecule has 0 fully saturated rings. The number of halogens is 1. The third-order valence-electron chi connectivity index (χ3n) is 3.02. The van der Waals surface area contributed by atoms with Crippen molar-refractivity contribution in [2.24, 2.45) is 0 Å². The highest BCUT2D eigenvalue weighted by atomic mass is 35.5. The van der Waals surface area contributed by atoms with Crippen molar-refractivity contribution in [3.63, 3.8) is 0 Å². The highest BCUT2D eigenvalue weighted by Gasteiger charge is 2.20. The van der Waals surface area contributed by atoms with Gasteiger partial charge in [-0.2, -0.15) is 0 Å². The molecule has 0 amide bonds. The van der Waals surface area contributed by atoms with Gasteiger partial charge in [-0.3, -0.25) is 0 Å². The van der Waals surface area contributed by atoms with Crippen LogP contribution in [0.2, 0.25) is 5.15 Å². The fourth-order valence-electron chi connectivity index (χ4n) is 2.16. The molecule has 0 saturated heterocycles. The molecule has 2 aromatic heterocycles. The maximum atomic E-state index is 6.16. The number of nitrogens with zero attached hydrogens (tertiary/aromatic N) is 2. The van der Waals surface area contributed by atoms with Crippen molar-refractivity contribution in [2.45, 2.75) is 6.92 Å². The van der Waals surface area contributed by atoms with Gasteiger partial charge in [0.2, 0.25) is 0 Å². The van der Waals surface area contributed by atoms with Gasteiger partial charge >= 0.3 is 0 Å². The zero-order chi connectivity index (χ0) is 14.8. The van der Waals surface area contributed by atoms with Crippen LogP contribution in [0.4, 0.5) is 0 Å². The second-order valence-corrected chi connectivity index (χ2v) is 5.61. The van der Waals surface area contributed by atoms with Crippen molar-refractivity contribution in [1.29, 1.82) is 0 Å². The fraction of sp³-hybridized carbons (Fsp3) is 0.200. The second-order valence-electron chi connectivity index (χ2n) is 4.24. The van der Waals surface area contributed by atoms with Crippen LogP contribution in [0.15, 0.2) is 30.6 Å². The Morgan fingerprint density at radius 1 is 1.24 bits per heavy atom. The Hall–Kier alpha value is -1.85. The Morgan fingerprint density at radius 3 is 2.81 bits per heavy atom. The smallest absolute Gasteiger partial charge is 0.164 e. The summed E-state index contributed by atoms with van der Waals surface area (Å²) in [6.45, 7) is 2.56. The van der Waals surface area contributed by atoms with E-state index in [2.05, 4.69) is 9.97 Å². The quantitative estimate of drug-likeness (QED) is 0.667. The molecule has 0 aliphatic rings. The molecule has 0 unspecified atom stereocenters. The third-order valence-corrected chi connectivity index (χ3v) is 4.62. The summed E-state index contributed by atoms with van der Waals surface area (Å²) >= 11 is 7.67. The lowest BCUT2D eigenvalue weighted by Gasteiger charge is -2.09. The van der Waals surface area contributed by atoms with Crippen LogP contribution in [0.5, 0.6) is 11.5 Å². The summed E-state index contributed by atoms with van der Waals surface area (Å²) in [5.41, 5.74) is 1.69. The first-order chi connectivity index (χ1) is 10.3. The van der Waals surface area contributed by atoms with E-state index in [1.165, 1.54) is 17.7 Å². The number of para-hydroxylation sites is 1. The molecule has 0 radical (unpaired) electrons. The summed E-state index contributed by atoms with van der Waals surface area (Å²) in [5.74, 6) is 1.51. The van der Waals surface area contributed by atoms with Crippen LogP contribution in [-0.4, -0.2) is 23.7 Å². The molecule has 0 spiro atoms. The number of methoxy groups -OCH3 is 1. The van der Waals surface area contributed by atoms with Gasteiger partial charge in [0, 0.05) is 5.56 Å². The van der Waals surface area contributed by atoms with Crippen LogP contribution in [0, 0.1) is 0 Å². The molecule has 3 aromatic rings. The van der Waals surface area contributed by atoms with Gasteiger partial charge in [-0.15, -0.1) is 11.3 Å². The molecule has 0 N–H and O–H groups in total. The largest absolute Gasteiger partial charge is 0.493 e. The lowest BCUT2D eigenvalue weighted by atomic mass is 10.1. The monoisotopic (exact) mass is 320 g/mol. The standard InChI is InChI=1S/C15H13ClN2O2S/c1-3-20-10-7-5-4-6-9(10)13-12(19-2)11-14(21-13)15(16)18-8-17-11/h4-8H,3H2,1-2H3. The molecule has 1 aromatic carbocycles. The third kappa shape index (κ3) is 2.43. The predicted octanol–water partition coefficient (Wildman–Crippen LogP) is 4.42. The Labute approximate surface area is 131 Å². The van der Waals surface area contributed by atoms with Gasteiger partial charge in [-0.25, -0.2) is 9.97 Å². The van der Waals surface area contributed by atoms with Crippen molar-refractivity contribution >= 4 is 33.2 Å². The van der Waals surface area contributed by atoms with E-state index in [4.69, 9.17) is 21.1 Å². The second kappa shape index (κ2) is 5.87. The minimum atomic E-state index is 0.434. The normalized spacial score (nSPS) is 10.8. The molecule has 4 nitrogen and oxygen atoms in total. The Morgan fingerprint density at radius 2 is 2.05 bits per heavy atom. The van der Waals surface area contributed by atoms with Gasteiger partial charge in [0.25, 0.3) is 0 Å². The molecule has 0 bridgehead atoms. The van der Waals surface area contributed by atoms with Crippen LogP contribution < -0.4 is 9.47 Å². The number of hydrogen-bond donors (Lipinski definition) is 0. The highest BCUT2D eigenvalue weighted by Crippen LogP contribution is 2.47. The Kier molecular flexibility index (Phi) is 3.94. The topological polar surface area (TPSA) is 44.2 Å². The van der Waals surface area contributed by atoms with Crippen molar-refractivity contribution in [3.05, 3.63) is 35.7 Å². The lowest BCUT2D eigenvalue weighted by Crippen LogP contribution is -1.94. The van der Waals surface area contributed by atoms with Gasteiger partial charge in [0.05, 0.1) is 23.3 Å². The van der Waals surface area contributed by atoms with Crippen LogP contribution in [0.25, 0.3) is 20.7 Å². The fourth-order valence-corrected chi connectivity index (χ4v) is 3.55. The summed E-state index contributed by atoms with van der Waals surface area (Å²) in [4.78, 5) is 9.25. The SMILES string of the molecule is CCOc1ccccc1-c1sc2c(Cl)ncnc2c1OC. The molecule has 0 aliphatic heterocycles. The van der Waals surface area contributed by atoms with Gasteiger partial charge in [0.15, 0.2) is 5.75 Å². The molecule has 0 saturated carbocycles. The molecule has 0 atom stereocenters. The molecule has 2 heterocycles. The van der Waals surface area contributed by atoms with E-state index in [0.29, 0.717) is 17.5 Å².